The number of pyridine rings is 1. The normalized spacial score (nSPS) is 15.0. The molecule has 0 bridgehead atoms. The van der Waals surface area contributed by atoms with Crippen LogP contribution < -0.4 is 0 Å². The van der Waals surface area contributed by atoms with E-state index in [0.717, 1.165) is 35.3 Å². The molecule has 1 N–H and O–H groups in total. The Kier molecular flexibility index (Phi) is 3.84. The monoisotopic (exact) mass is 280 g/mol. The molecule has 0 saturated carbocycles. The molecule has 1 unspecified atom stereocenters. The fourth-order valence-corrected chi connectivity index (χ4v) is 2.63. The molecular formula is C18H20N2O. The van der Waals surface area contributed by atoms with Crippen molar-refractivity contribution in [2.75, 3.05) is 0 Å². The van der Waals surface area contributed by atoms with Crippen molar-refractivity contribution in [3.63, 3.8) is 0 Å². The van der Waals surface area contributed by atoms with Crippen LogP contribution in [0.5, 0.6) is 0 Å². The summed E-state index contributed by atoms with van der Waals surface area (Å²) in [5.41, 5.74) is 5.24. The van der Waals surface area contributed by atoms with Crippen molar-refractivity contribution < 1.29 is 5.11 Å². The smallest absolute Gasteiger partial charge is 0.0814 e. The lowest BCUT2D eigenvalue weighted by Crippen LogP contribution is -2.05. The molecule has 0 amide bonds. The van der Waals surface area contributed by atoms with Crippen LogP contribution >= 0.6 is 0 Å². The second kappa shape index (κ2) is 5.78. The van der Waals surface area contributed by atoms with Crippen molar-refractivity contribution in [1.82, 2.24) is 4.98 Å². The Balaban J connectivity index is 1.97. The molecular weight excluding hydrogens is 260 g/mol. The van der Waals surface area contributed by atoms with Crippen molar-refractivity contribution in [2.45, 2.75) is 32.8 Å². The molecule has 3 heteroatoms. The Morgan fingerprint density at radius 2 is 2.00 bits per heavy atom. The molecule has 0 radical (unpaired) electrons. The minimum Gasteiger partial charge on any atom is -0.388 e. The number of aliphatic imine (C=N–C) groups is 1. The lowest BCUT2D eigenvalue weighted by molar-refractivity contribution is 0.127. The number of benzene rings is 1. The predicted octanol–water partition coefficient (Wildman–Crippen LogP) is 4.09. The van der Waals surface area contributed by atoms with E-state index in [1.54, 1.807) is 6.20 Å². The van der Waals surface area contributed by atoms with E-state index in [4.69, 9.17) is 0 Å². The summed E-state index contributed by atoms with van der Waals surface area (Å²) in [6.45, 7) is 4.03. The van der Waals surface area contributed by atoms with Crippen molar-refractivity contribution >= 4 is 11.9 Å². The first-order valence-electron chi connectivity index (χ1n) is 7.45. The molecule has 0 aliphatic carbocycles. The van der Waals surface area contributed by atoms with Crippen LogP contribution in [0.25, 0.3) is 11.3 Å². The van der Waals surface area contributed by atoms with Gasteiger partial charge < -0.3 is 5.11 Å². The van der Waals surface area contributed by atoms with Gasteiger partial charge in [0.25, 0.3) is 0 Å². The highest BCUT2D eigenvalue weighted by molar-refractivity contribution is 5.72. The molecule has 1 aliphatic heterocycles. The van der Waals surface area contributed by atoms with Crippen molar-refractivity contribution in [2.24, 2.45) is 10.9 Å². The van der Waals surface area contributed by atoms with Gasteiger partial charge in [0.05, 0.1) is 17.5 Å². The molecule has 2 aromatic rings. The molecule has 1 atom stereocenters. The number of aliphatic hydroxyl groups excluding tert-OH is 1. The molecule has 108 valence electrons. The standard InChI is InChI=1S/C18H20N2O/c1-12(2)18(21)15-7-9-20-17(11-15)14-5-6-16-13(10-14)4-3-8-19-16/h5-12,18,21H,3-4H2,1-2H3. The van der Waals surface area contributed by atoms with Gasteiger partial charge in [0, 0.05) is 18.0 Å². The number of aliphatic hydroxyl groups is 1. The third-order valence-electron chi connectivity index (χ3n) is 3.91. The number of hydrogen-bond acceptors (Lipinski definition) is 3. The molecule has 3 nitrogen and oxygen atoms in total. The first kappa shape index (κ1) is 14.0. The van der Waals surface area contributed by atoms with Crippen LogP contribution in [0.15, 0.2) is 41.5 Å². The SMILES string of the molecule is CC(C)C(O)c1ccnc(-c2ccc3c(c2)CCC=N3)c1. The molecule has 21 heavy (non-hydrogen) atoms. The van der Waals surface area contributed by atoms with Gasteiger partial charge in [-0.3, -0.25) is 9.98 Å². The van der Waals surface area contributed by atoms with Gasteiger partial charge >= 0.3 is 0 Å². The van der Waals surface area contributed by atoms with E-state index >= 15 is 0 Å². The maximum absolute atomic E-state index is 10.2. The number of aryl methyl sites for hydroxylation is 1. The summed E-state index contributed by atoms with van der Waals surface area (Å²) >= 11 is 0. The van der Waals surface area contributed by atoms with Crippen LogP contribution in [0.1, 0.15) is 37.5 Å². The van der Waals surface area contributed by atoms with Gasteiger partial charge in [-0.25, -0.2) is 0 Å². The summed E-state index contributed by atoms with van der Waals surface area (Å²) in [6.07, 6.45) is 5.32. The largest absolute Gasteiger partial charge is 0.388 e. The molecule has 3 rings (SSSR count). The summed E-state index contributed by atoms with van der Waals surface area (Å²) in [7, 11) is 0. The van der Waals surface area contributed by atoms with Gasteiger partial charge in [-0.2, -0.15) is 0 Å². The lowest BCUT2D eigenvalue weighted by Gasteiger charge is -2.16. The van der Waals surface area contributed by atoms with E-state index < -0.39 is 6.10 Å². The average molecular weight is 280 g/mol. The second-order valence-electron chi connectivity index (χ2n) is 5.86. The molecule has 2 heterocycles. The van der Waals surface area contributed by atoms with Gasteiger partial charge in [0.1, 0.15) is 0 Å². The van der Waals surface area contributed by atoms with Gasteiger partial charge in [0.15, 0.2) is 0 Å². The zero-order chi connectivity index (χ0) is 14.8. The number of aromatic nitrogens is 1. The number of hydrogen-bond donors (Lipinski definition) is 1. The summed E-state index contributed by atoms with van der Waals surface area (Å²) in [6, 6.07) is 10.1. The Morgan fingerprint density at radius 1 is 1.14 bits per heavy atom. The van der Waals surface area contributed by atoms with Crippen LogP contribution in [-0.4, -0.2) is 16.3 Å². The second-order valence-corrected chi connectivity index (χ2v) is 5.86. The summed E-state index contributed by atoms with van der Waals surface area (Å²) in [4.78, 5) is 8.86. The van der Waals surface area contributed by atoms with E-state index in [0.29, 0.717) is 0 Å². The van der Waals surface area contributed by atoms with Crippen molar-refractivity contribution in [3.8, 4) is 11.3 Å². The topological polar surface area (TPSA) is 45.5 Å². The van der Waals surface area contributed by atoms with E-state index in [2.05, 4.69) is 22.1 Å². The fourth-order valence-electron chi connectivity index (χ4n) is 2.63. The molecule has 0 spiro atoms. The molecule has 0 saturated heterocycles. The molecule has 1 aromatic heterocycles. The molecule has 1 aromatic carbocycles. The van der Waals surface area contributed by atoms with Gasteiger partial charge in [-0.05, 0) is 54.2 Å². The predicted molar refractivity (Wildman–Crippen MR) is 85.9 cm³/mol. The molecule has 0 fully saturated rings. The Bertz CT molecular complexity index is 677. The number of nitrogens with zero attached hydrogens (tertiary/aromatic N) is 2. The highest BCUT2D eigenvalue weighted by Crippen LogP contribution is 2.30. The van der Waals surface area contributed by atoms with Crippen molar-refractivity contribution in [1.29, 1.82) is 0 Å². The third-order valence-corrected chi connectivity index (χ3v) is 3.91. The van der Waals surface area contributed by atoms with E-state index in [1.807, 2.05) is 38.3 Å². The van der Waals surface area contributed by atoms with Crippen LogP contribution in [0, 0.1) is 5.92 Å². The first-order valence-corrected chi connectivity index (χ1v) is 7.45. The third kappa shape index (κ3) is 2.88. The van der Waals surface area contributed by atoms with Crippen LogP contribution in [-0.2, 0) is 6.42 Å². The van der Waals surface area contributed by atoms with Crippen LogP contribution in [0.4, 0.5) is 5.69 Å². The Hall–Kier alpha value is -2.00. The quantitative estimate of drug-likeness (QED) is 0.920. The fraction of sp³-hybridized carbons (Fsp3) is 0.333. The van der Waals surface area contributed by atoms with E-state index in [-0.39, 0.29) is 5.92 Å². The van der Waals surface area contributed by atoms with E-state index in [1.165, 1.54) is 5.56 Å². The minimum atomic E-state index is -0.450. The van der Waals surface area contributed by atoms with Crippen molar-refractivity contribution in [3.05, 3.63) is 47.7 Å². The van der Waals surface area contributed by atoms with Gasteiger partial charge in [-0.1, -0.05) is 19.9 Å². The Labute approximate surface area is 125 Å². The number of rotatable bonds is 3. The average Bonchev–Trinajstić information content (AvgIpc) is 2.53. The van der Waals surface area contributed by atoms with Crippen LogP contribution in [0.2, 0.25) is 0 Å². The van der Waals surface area contributed by atoms with E-state index in [9.17, 15) is 5.11 Å². The summed E-state index contributed by atoms with van der Waals surface area (Å²) in [5.74, 6) is 0.193. The zero-order valence-electron chi connectivity index (χ0n) is 12.5. The first-order chi connectivity index (χ1) is 10.1. The van der Waals surface area contributed by atoms with Crippen LogP contribution in [0.3, 0.4) is 0 Å². The number of fused-ring (bicyclic) bond motifs is 1. The summed E-state index contributed by atoms with van der Waals surface area (Å²) in [5, 5.41) is 10.2. The summed E-state index contributed by atoms with van der Waals surface area (Å²) < 4.78 is 0. The molecule has 1 aliphatic rings. The highest BCUT2D eigenvalue weighted by Gasteiger charge is 2.14. The maximum atomic E-state index is 10.2. The maximum Gasteiger partial charge on any atom is 0.0814 e. The lowest BCUT2D eigenvalue weighted by atomic mass is 9.97. The minimum absolute atomic E-state index is 0.193. The Morgan fingerprint density at radius 3 is 2.81 bits per heavy atom. The highest BCUT2D eigenvalue weighted by atomic mass is 16.3. The zero-order valence-corrected chi connectivity index (χ0v) is 12.5. The van der Waals surface area contributed by atoms with Gasteiger partial charge in [-0.15, -0.1) is 0 Å². The van der Waals surface area contributed by atoms with Gasteiger partial charge in [0.2, 0.25) is 0 Å².